The number of amides is 2. The molecule has 2 aromatic heterocycles. The normalized spacial score (nSPS) is 12.3. The van der Waals surface area contributed by atoms with Crippen molar-refractivity contribution < 1.29 is 53.6 Å². The number of carbonyl (C=O) groups is 6. The molecule has 0 aromatic carbocycles. The highest BCUT2D eigenvalue weighted by molar-refractivity contribution is 5.86. The van der Waals surface area contributed by atoms with Crippen LogP contribution in [0, 0.1) is 5.92 Å². The highest BCUT2D eigenvalue weighted by Crippen LogP contribution is 2.15. The summed E-state index contributed by atoms with van der Waals surface area (Å²) in [6.07, 6.45) is 7.88. The van der Waals surface area contributed by atoms with Crippen molar-refractivity contribution in [2.45, 2.75) is 105 Å². The first-order chi connectivity index (χ1) is 24.7. The standard InChI is InChI=1S/C35H55N7O11/c1-25(33(50)51)10-8-9-13-38(18-26-36-11-14-39(26)20-28(44)41(16-17-43)22-30(46)47)19-27-37-12-15-40(27)21-29(45)42(23-31(48)52-34(2,3)4)24-32(49)53-35(5,6)7/h11-12,14-15,25,43H,8-10,13,16-24H2,1-7H3,(H,46,47)(H,50,51). The van der Waals surface area contributed by atoms with Gasteiger partial charge in [-0.05, 0) is 60.9 Å². The molecule has 0 aliphatic heterocycles. The Bertz CT molecular complexity index is 1510. The van der Waals surface area contributed by atoms with Crippen molar-refractivity contribution in [1.29, 1.82) is 0 Å². The van der Waals surface area contributed by atoms with Gasteiger partial charge < -0.3 is 43.7 Å². The van der Waals surface area contributed by atoms with Crippen LogP contribution in [0.15, 0.2) is 24.8 Å². The molecule has 53 heavy (non-hydrogen) atoms. The average molecular weight is 750 g/mol. The zero-order chi connectivity index (χ0) is 39.9. The van der Waals surface area contributed by atoms with E-state index in [2.05, 4.69) is 9.97 Å². The Morgan fingerprint density at radius 3 is 1.62 bits per heavy atom. The van der Waals surface area contributed by atoms with Crippen LogP contribution in [-0.2, 0) is 64.4 Å². The second-order valence-corrected chi connectivity index (χ2v) is 14.7. The Balaban J connectivity index is 2.31. The Morgan fingerprint density at radius 1 is 0.736 bits per heavy atom. The van der Waals surface area contributed by atoms with Gasteiger partial charge in [0.15, 0.2) is 0 Å². The quantitative estimate of drug-likeness (QED) is 0.114. The molecule has 1 unspecified atom stereocenters. The van der Waals surface area contributed by atoms with E-state index >= 15 is 0 Å². The first kappa shape index (κ1) is 44.3. The SMILES string of the molecule is CC(CCCCN(Cc1nccn1CC(=O)N(CCO)CC(=O)O)Cc1nccn1CC(=O)N(CC(=O)OC(C)(C)C)CC(=O)OC(C)(C)C)C(=O)O. The van der Waals surface area contributed by atoms with Crippen molar-refractivity contribution in [1.82, 2.24) is 33.8 Å². The van der Waals surface area contributed by atoms with Crippen LogP contribution in [0.25, 0.3) is 0 Å². The number of ether oxygens (including phenoxy) is 2. The zero-order valence-electron chi connectivity index (χ0n) is 31.8. The van der Waals surface area contributed by atoms with Crippen LogP contribution in [0.4, 0.5) is 0 Å². The molecule has 0 radical (unpaired) electrons. The van der Waals surface area contributed by atoms with Gasteiger partial charge in [0.2, 0.25) is 11.8 Å². The molecule has 2 heterocycles. The van der Waals surface area contributed by atoms with Gasteiger partial charge in [-0.25, -0.2) is 9.97 Å². The number of hydrogen-bond acceptors (Lipinski definition) is 12. The predicted octanol–water partition coefficient (Wildman–Crippen LogP) is 1.39. The number of carboxylic acids is 2. The molecule has 0 bridgehead atoms. The molecular formula is C35H55N7O11. The second kappa shape index (κ2) is 20.4. The maximum Gasteiger partial charge on any atom is 0.326 e. The van der Waals surface area contributed by atoms with Crippen molar-refractivity contribution in [2.24, 2.45) is 5.92 Å². The number of aliphatic hydroxyl groups is 1. The van der Waals surface area contributed by atoms with E-state index in [9.17, 15) is 44.1 Å². The van der Waals surface area contributed by atoms with Crippen molar-refractivity contribution >= 4 is 35.7 Å². The van der Waals surface area contributed by atoms with Gasteiger partial charge in [0.1, 0.15) is 55.6 Å². The Morgan fingerprint density at radius 2 is 1.21 bits per heavy atom. The molecule has 1 atom stereocenters. The minimum Gasteiger partial charge on any atom is -0.481 e. The van der Waals surface area contributed by atoms with Crippen LogP contribution < -0.4 is 0 Å². The first-order valence-corrected chi connectivity index (χ1v) is 17.4. The number of unbranched alkanes of at least 4 members (excludes halogenated alkanes) is 1. The number of esters is 2. The molecule has 0 aliphatic carbocycles. The fraction of sp³-hybridized carbons (Fsp3) is 0.657. The van der Waals surface area contributed by atoms with Gasteiger partial charge in [-0.3, -0.25) is 33.7 Å². The number of rotatable bonds is 22. The summed E-state index contributed by atoms with van der Waals surface area (Å²) >= 11 is 0. The van der Waals surface area contributed by atoms with Crippen LogP contribution in [0.1, 0.15) is 79.4 Å². The monoisotopic (exact) mass is 749 g/mol. The lowest BCUT2D eigenvalue weighted by Crippen LogP contribution is -2.44. The van der Waals surface area contributed by atoms with Gasteiger partial charge in [-0.1, -0.05) is 13.3 Å². The van der Waals surface area contributed by atoms with Crippen molar-refractivity contribution in [3.8, 4) is 0 Å². The summed E-state index contributed by atoms with van der Waals surface area (Å²) in [6, 6.07) is 0. The molecule has 18 nitrogen and oxygen atoms in total. The summed E-state index contributed by atoms with van der Waals surface area (Å²) in [5, 5.41) is 27.8. The molecule has 0 saturated carbocycles. The summed E-state index contributed by atoms with van der Waals surface area (Å²) in [6.45, 7) is 10.1. The maximum absolute atomic E-state index is 13.7. The highest BCUT2D eigenvalue weighted by Gasteiger charge is 2.27. The van der Waals surface area contributed by atoms with E-state index < -0.39 is 79.1 Å². The van der Waals surface area contributed by atoms with E-state index in [0.29, 0.717) is 37.5 Å². The molecule has 0 fully saturated rings. The van der Waals surface area contributed by atoms with Gasteiger partial charge in [0, 0.05) is 31.3 Å². The summed E-state index contributed by atoms with van der Waals surface area (Å²) in [4.78, 5) is 87.7. The highest BCUT2D eigenvalue weighted by atomic mass is 16.6. The minimum absolute atomic E-state index is 0.148. The summed E-state index contributed by atoms with van der Waals surface area (Å²) in [7, 11) is 0. The van der Waals surface area contributed by atoms with Crippen molar-refractivity contribution in [2.75, 3.05) is 39.3 Å². The van der Waals surface area contributed by atoms with Gasteiger partial charge in [0.05, 0.1) is 25.6 Å². The summed E-state index contributed by atoms with van der Waals surface area (Å²) < 4.78 is 14.0. The average Bonchev–Trinajstić information content (AvgIpc) is 3.64. The number of hydrogen-bond donors (Lipinski definition) is 3. The van der Waals surface area contributed by atoms with E-state index in [0.717, 1.165) is 9.80 Å². The fourth-order valence-corrected chi connectivity index (χ4v) is 5.15. The minimum atomic E-state index is -1.21. The lowest BCUT2D eigenvalue weighted by Gasteiger charge is -2.27. The molecule has 0 saturated heterocycles. The van der Waals surface area contributed by atoms with Crippen LogP contribution in [-0.4, -0.2) is 135 Å². The molecule has 2 aromatic rings. The number of aromatic nitrogens is 4. The predicted molar refractivity (Wildman–Crippen MR) is 189 cm³/mol. The lowest BCUT2D eigenvalue weighted by atomic mass is 10.0. The molecular weight excluding hydrogens is 694 g/mol. The number of carboxylic acid groups (broad SMARTS) is 2. The zero-order valence-corrected chi connectivity index (χ0v) is 31.8. The third-order valence-electron chi connectivity index (χ3n) is 7.61. The molecule has 2 amide bonds. The molecule has 2 rings (SSSR count). The van der Waals surface area contributed by atoms with Gasteiger partial charge in [0.25, 0.3) is 0 Å². The summed E-state index contributed by atoms with van der Waals surface area (Å²) in [5.74, 6) is -4.14. The smallest absolute Gasteiger partial charge is 0.326 e. The Hall–Kier alpha value is -4.84. The van der Waals surface area contributed by atoms with Crippen LogP contribution >= 0.6 is 0 Å². The van der Waals surface area contributed by atoms with Crippen LogP contribution in [0.5, 0.6) is 0 Å². The van der Waals surface area contributed by atoms with Crippen molar-refractivity contribution in [3.05, 3.63) is 36.4 Å². The fourth-order valence-electron chi connectivity index (χ4n) is 5.15. The molecule has 3 N–H and O–H groups in total. The lowest BCUT2D eigenvalue weighted by molar-refractivity contribution is -0.164. The topological polar surface area (TPSA) is 227 Å². The summed E-state index contributed by atoms with van der Waals surface area (Å²) in [5.41, 5.74) is -1.63. The Labute approximate surface area is 309 Å². The Kier molecular flexibility index (Phi) is 17.1. The van der Waals surface area contributed by atoms with E-state index in [4.69, 9.17) is 9.47 Å². The van der Waals surface area contributed by atoms with Crippen molar-refractivity contribution in [3.63, 3.8) is 0 Å². The number of aliphatic carboxylic acids is 2. The third-order valence-corrected chi connectivity index (χ3v) is 7.61. The van der Waals surface area contributed by atoms with Gasteiger partial charge in [-0.15, -0.1) is 0 Å². The van der Waals surface area contributed by atoms with Gasteiger partial charge >= 0.3 is 23.9 Å². The molecule has 296 valence electrons. The number of imidazole rings is 2. The molecule has 0 spiro atoms. The number of carbonyl (C=O) groups excluding carboxylic acids is 4. The van der Waals surface area contributed by atoms with E-state index in [-0.39, 0.29) is 32.7 Å². The van der Waals surface area contributed by atoms with Crippen LogP contribution in [0.3, 0.4) is 0 Å². The van der Waals surface area contributed by atoms with E-state index in [1.165, 1.54) is 12.4 Å². The third kappa shape index (κ3) is 17.0. The second-order valence-electron chi connectivity index (χ2n) is 14.7. The molecule has 0 aliphatic rings. The number of nitrogens with zero attached hydrogens (tertiary/aromatic N) is 7. The maximum atomic E-state index is 13.7. The number of aliphatic hydroxyl groups excluding tert-OH is 1. The first-order valence-electron chi connectivity index (χ1n) is 17.4. The molecule has 18 heteroatoms. The van der Waals surface area contributed by atoms with Crippen LogP contribution in [0.2, 0.25) is 0 Å². The van der Waals surface area contributed by atoms with E-state index in [1.54, 1.807) is 70.0 Å². The van der Waals surface area contributed by atoms with E-state index in [1.807, 2.05) is 4.90 Å². The largest absolute Gasteiger partial charge is 0.481 e. The van der Waals surface area contributed by atoms with Gasteiger partial charge in [-0.2, -0.15) is 0 Å².